The van der Waals surface area contributed by atoms with Gasteiger partial charge in [0.25, 0.3) is 0 Å². The van der Waals surface area contributed by atoms with Crippen LogP contribution in [0.3, 0.4) is 0 Å². The van der Waals surface area contributed by atoms with Gasteiger partial charge in [-0.15, -0.1) is 0 Å². The van der Waals surface area contributed by atoms with Crippen molar-refractivity contribution in [1.29, 1.82) is 0 Å². The van der Waals surface area contributed by atoms with Gasteiger partial charge in [-0.25, -0.2) is 4.79 Å². The molecule has 1 aliphatic rings. The predicted molar refractivity (Wildman–Crippen MR) is 126 cm³/mol. The van der Waals surface area contributed by atoms with E-state index in [1.54, 1.807) is 25.4 Å². The Morgan fingerprint density at radius 2 is 1.97 bits per heavy atom. The smallest absolute Gasteiger partial charge is 0.337 e. The first-order chi connectivity index (χ1) is 15.4. The Labute approximate surface area is 188 Å². The van der Waals surface area contributed by atoms with Crippen molar-refractivity contribution in [3.8, 4) is 11.1 Å². The van der Waals surface area contributed by atoms with E-state index < -0.39 is 0 Å². The molecule has 2 atom stereocenters. The maximum absolute atomic E-state index is 12.4. The first-order valence-electron chi connectivity index (χ1n) is 10.7. The summed E-state index contributed by atoms with van der Waals surface area (Å²) in [5.74, 6) is -0.318. The van der Waals surface area contributed by atoms with E-state index in [-0.39, 0.29) is 24.0 Å². The maximum Gasteiger partial charge on any atom is 0.337 e. The lowest BCUT2D eigenvalue weighted by molar-refractivity contribution is -0.117. The number of hydrogen-bond donors (Lipinski definition) is 1. The van der Waals surface area contributed by atoms with Gasteiger partial charge in [0, 0.05) is 31.0 Å². The Balaban J connectivity index is 1.78. The first-order valence-corrected chi connectivity index (χ1v) is 10.7. The Bertz CT molecular complexity index is 1160. The minimum Gasteiger partial charge on any atom is -0.465 e. The first kappa shape index (κ1) is 21.6. The number of pyridine rings is 1. The quantitative estimate of drug-likeness (QED) is 0.581. The van der Waals surface area contributed by atoms with Crippen molar-refractivity contribution in [2.75, 3.05) is 17.3 Å². The van der Waals surface area contributed by atoms with E-state index >= 15 is 0 Å². The molecular weight excluding hydrogens is 402 g/mol. The molecule has 0 aliphatic carbocycles. The van der Waals surface area contributed by atoms with Crippen molar-refractivity contribution < 1.29 is 14.3 Å². The van der Waals surface area contributed by atoms with Crippen LogP contribution in [0, 0.1) is 6.92 Å². The number of fused-ring (bicyclic) bond motifs is 1. The minimum absolute atomic E-state index is 0.0324. The van der Waals surface area contributed by atoms with Gasteiger partial charge in [0.05, 0.1) is 24.4 Å². The second-order valence-corrected chi connectivity index (χ2v) is 8.21. The lowest BCUT2D eigenvalue weighted by atomic mass is 9.88. The third-order valence-corrected chi connectivity index (χ3v) is 5.98. The fourth-order valence-electron chi connectivity index (χ4n) is 4.53. The lowest BCUT2D eigenvalue weighted by Crippen LogP contribution is -2.43. The van der Waals surface area contributed by atoms with Gasteiger partial charge in [0.1, 0.15) is 0 Å². The molecule has 1 aromatic heterocycles. The molecule has 0 unspecified atom stereocenters. The monoisotopic (exact) mass is 429 g/mol. The Hall–Kier alpha value is -3.67. The zero-order chi connectivity index (χ0) is 22.8. The molecule has 4 rings (SSSR count). The van der Waals surface area contributed by atoms with E-state index in [0.717, 1.165) is 40.0 Å². The molecule has 6 heteroatoms. The summed E-state index contributed by atoms with van der Waals surface area (Å²) in [6, 6.07) is 15.8. The SMILES string of the molecule is COC(=O)c1ccc(-c2ccc3c(c2)[C@H](Nc2cccnc2)C[C@H](C)N3C(C)=O)c(C)c1. The van der Waals surface area contributed by atoms with Gasteiger partial charge < -0.3 is 15.0 Å². The summed E-state index contributed by atoms with van der Waals surface area (Å²) in [4.78, 5) is 30.4. The zero-order valence-corrected chi connectivity index (χ0v) is 18.8. The van der Waals surface area contributed by atoms with Gasteiger partial charge in [0.15, 0.2) is 0 Å². The third kappa shape index (κ3) is 4.08. The van der Waals surface area contributed by atoms with Crippen LogP contribution in [0.5, 0.6) is 0 Å². The molecule has 3 aromatic rings. The van der Waals surface area contributed by atoms with Crippen LogP contribution >= 0.6 is 0 Å². The number of esters is 1. The normalized spacial score (nSPS) is 17.4. The van der Waals surface area contributed by atoms with Crippen molar-refractivity contribution >= 4 is 23.3 Å². The summed E-state index contributed by atoms with van der Waals surface area (Å²) in [6.45, 7) is 5.67. The fraction of sp³-hybridized carbons (Fsp3) is 0.269. The number of methoxy groups -OCH3 is 1. The van der Waals surface area contributed by atoms with Crippen LogP contribution in [0.4, 0.5) is 11.4 Å². The Morgan fingerprint density at radius 1 is 1.16 bits per heavy atom. The van der Waals surface area contributed by atoms with Crippen LogP contribution in [0.2, 0.25) is 0 Å². The summed E-state index contributed by atoms with van der Waals surface area (Å²) < 4.78 is 4.84. The average molecular weight is 430 g/mol. The van der Waals surface area contributed by atoms with Crippen LogP contribution in [-0.4, -0.2) is 30.0 Å². The molecule has 32 heavy (non-hydrogen) atoms. The summed E-state index contributed by atoms with van der Waals surface area (Å²) >= 11 is 0. The van der Waals surface area contributed by atoms with E-state index in [2.05, 4.69) is 23.3 Å². The Kier molecular flexibility index (Phi) is 5.95. The number of amides is 1. The number of aryl methyl sites for hydroxylation is 1. The van der Waals surface area contributed by atoms with Crippen molar-refractivity contribution in [2.45, 2.75) is 39.3 Å². The van der Waals surface area contributed by atoms with Crippen molar-refractivity contribution in [3.63, 3.8) is 0 Å². The van der Waals surface area contributed by atoms with Crippen molar-refractivity contribution in [3.05, 3.63) is 77.6 Å². The number of nitrogens with one attached hydrogen (secondary N) is 1. The number of aromatic nitrogens is 1. The van der Waals surface area contributed by atoms with Gasteiger partial charge in [-0.1, -0.05) is 12.1 Å². The number of rotatable bonds is 4. The molecule has 0 radical (unpaired) electrons. The van der Waals surface area contributed by atoms with Crippen LogP contribution in [-0.2, 0) is 9.53 Å². The standard InChI is InChI=1S/C26H27N3O3/c1-16-12-20(26(31)32-4)7-9-22(16)19-8-10-25-23(14-19)24(13-17(2)29(25)18(3)30)28-21-6-5-11-27-15-21/h5-12,14-15,17,24,28H,13H2,1-4H3/t17-,24+/m0/s1. The zero-order valence-electron chi connectivity index (χ0n) is 18.8. The van der Waals surface area contributed by atoms with E-state index in [1.807, 2.05) is 48.2 Å². The number of benzene rings is 2. The molecule has 1 aliphatic heterocycles. The van der Waals surface area contributed by atoms with Crippen molar-refractivity contribution in [2.24, 2.45) is 0 Å². The van der Waals surface area contributed by atoms with E-state index in [4.69, 9.17) is 4.74 Å². The topological polar surface area (TPSA) is 71.5 Å². The van der Waals surface area contributed by atoms with Crippen LogP contribution in [0.25, 0.3) is 11.1 Å². The molecule has 2 heterocycles. The van der Waals surface area contributed by atoms with E-state index in [9.17, 15) is 9.59 Å². The number of nitrogens with zero attached hydrogens (tertiary/aromatic N) is 2. The van der Waals surface area contributed by atoms with E-state index in [0.29, 0.717) is 5.56 Å². The van der Waals surface area contributed by atoms with Gasteiger partial charge in [0.2, 0.25) is 5.91 Å². The number of carbonyl (C=O) groups excluding carboxylic acids is 2. The summed E-state index contributed by atoms with van der Waals surface area (Å²) in [5, 5.41) is 3.59. The van der Waals surface area contributed by atoms with Gasteiger partial charge in [-0.3, -0.25) is 9.78 Å². The van der Waals surface area contributed by atoms with Crippen LogP contribution < -0.4 is 10.2 Å². The highest BCUT2D eigenvalue weighted by Crippen LogP contribution is 2.41. The molecule has 6 nitrogen and oxygen atoms in total. The summed E-state index contributed by atoms with van der Waals surface area (Å²) in [7, 11) is 1.38. The number of carbonyl (C=O) groups is 2. The summed E-state index contributed by atoms with van der Waals surface area (Å²) in [5.41, 5.74) is 6.51. The molecule has 0 saturated heterocycles. The molecule has 0 spiro atoms. The van der Waals surface area contributed by atoms with Crippen LogP contribution in [0.1, 0.15) is 47.8 Å². The van der Waals surface area contributed by atoms with Gasteiger partial charge in [-0.2, -0.15) is 0 Å². The molecule has 164 valence electrons. The van der Waals surface area contributed by atoms with Gasteiger partial charge >= 0.3 is 5.97 Å². The molecule has 0 bridgehead atoms. The molecule has 1 N–H and O–H groups in total. The summed E-state index contributed by atoms with van der Waals surface area (Å²) in [6.07, 6.45) is 4.34. The molecular formula is C26H27N3O3. The highest BCUT2D eigenvalue weighted by atomic mass is 16.5. The van der Waals surface area contributed by atoms with Gasteiger partial charge in [-0.05, 0) is 78.9 Å². The number of anilines is 2. The predicted octanol–water partition coefficient (Wildman–Crippen LogP) is 5.14. The second kappa shape index (κ2) is 8.83. The highest BCUT2D eigenvalue weighted by molar-refractivity contribution is 5.95. The van der Waals surface area contributed by atoms with E-state index in [1.165, 1.54) is 7.11 Å². The molecule has 1 amide bonds. The minimum atomic E-state index is -0.350. The number of hydrogen-bond acceptors (Lipinski definition) is 5. The third-order valence-electron chi connectivity index (χ3n) is 5.98. The molecule has 0 saturated carbocycles. The van der Waals surface area contributed by atoms with Crippen molar-refractivity contribution in [1.82, 2.24) is 4.98 Å². The molecule has 2 aromatic carbocycles. The number of ether oxygens (including phenoxy) is 1. The maximum atomic E-state index is 12.4. The lowest BCUT2D eigenvalue weighted by Gasteiger charge is -2.39. The molecule has 0 fully saturated rings. The second-order valence-electron chi connectivity index (χ2n) is 8.21. The average Bonchev–Trinajstić information content (AvgIpc) is 2.78. The highest BCUT2D eigenvalue weighted by Gasteiger charge is 2.32. The largest absolute Gasteiger partial charge is 0.465 e. The van der Waals surface area contributed by atoms with Crippen LogP contribution in [0.15, 0.2) is 60.9 Å². The Morgan fingerprint density at radius 3 is 2.62 bits per heavy atom. The fourth-order valence-corrected chi connectivity index (χ4v) is 4.53.